The van der Waals surface area contributed by atoms with Gasteiger partial charge in [0.15, 0.2) is 4.67 Å². The Bertz CT molecular complexity index is 731. The Hall–Kier alpha value is -2.01. The molecule has 0 unspecified atom stereocenters. The van der Waals surface area contributed by atoms with Crippen molar-refractivity contribution in [1.82, 2.24) is 5.16 Å². The van der Waals surface area contributed by atoms with E-state index in [1.54, 1.807) is 6.26 Å². The van der Waals surface area contributed by atoms with Crippen molar-refractivity contribution in [2.24, 2.45) is 0 Å². The van der Waals surface area contributed by atoms with Crippen molar-refractivity contribution in [3.8, 4) is 22.4 Å². The van der Waals surface area contributed by atoms with Gasteiger partial charge in [0, 0.05) is 0 Å². The molecule has 0 spiro atoms. The van der Waals surface area contributed by atoms with Crippen LogP contribution in [-0.4, -0.2) is 5.16 Å². The van der Waals surface area contributed by atoms with E-state index in [1.807, 2.05) is 37.3 Å². The average Bonchev–Trinajstić information content (AvgIpc) is 2.95. The van der Waals surface area contributed by atoms with E-state index in [0.29, 0.717) is 16.2 Å². The number of anilines is 1. The van der Waals surface area contributed by atoms with E-state index in [2.05, 4.69) is 21.1 Å². The van der Waals surface area contributed by atoms with E-state index in [0.717, 1.165) is 22.3 Å². The lowest BCUT2D eigenvalue weighted by atomic mass is 10.0. The summed E-state index contributed by atoms with van der Waals surface area (Å²) in [4.78, 5) is 0. The molecule has 0 radical (unpaired) electrons. The molecule has 96 valence electrons. The Morgan fingerprint density at radius 2 is 2.11 bits per heavy atom. The molecule has 3 rings (SSSR count). The van der Waals surface area contributed by atoms with Gasteiger partial charge < -0.3 is 14.7 Å². The SMILES string of the molecule is Cc1cccc(-c2c(-c3ccoc3Br)noc2N)c1. The van der Waals surface area contributed by atoms with Gasteiger partial charge in [-0.05, 0) is 34.5 Å². The first kappa shape index (κ1) is 12.0. The largest absolute Gasteiger partial charge is 0.457 e. The number of nitrogen functional groups attached to an aromatic ring is 1. The minimum atomic E-state index is 0.300. The fourth-order valence-corrected chi connectivity index (χ4v) is 2.46. The zero-order valence-electron chi connectivity index (χ0n) is 10.2. The lowest BCUT2D eigenvalue weighted by Gasteiger charge is -2.02. The number of halogens is 1. The summed E-state index contributed by atoms with van der Waals surface area (Å²) < 4.78 is 11.0. The van der Waals surface area contributed by atoms with Gasteiger partial charge in [0.05, 0.1) is 17.4 Å². The average molecular weight is 319 g/mol. The zero-order chi connectivity index (χ0) is 13.4. The van der Waals surface area contributed by atoms with Gasteiger partial charge >= 0.3 is 0 Å². The molecular weight excluding hydrogens is 308 g/mol. The summed E-state index contributed by atoms with van der Waals surface area (Å²) in [6.07, 6.45) is 1.59. The molecule has 0 aliphatic rings. The van der Waals surface area contributed by atoms with Crippen LogP contribution in [-0.2, 0) is 0 Å². The molecule has 2 aromatic heterocycles. The Labute approximate surface area is 118 Å². The topological polar surface area (TPSA) is 65.2 Å². The van der Waals surface area contributed by atoms with Crippen LogP contribution >= 0.6 is 15.9 Å². The third kappa shape index (κ3) is 2.06. The second kappa shape index (κ2) is 4.59. The highest BCUT2D eigenvalue weighted by molar-refractivity contribution is 9.10. The van der Waals surface area contributed by atoms with Crippen molar-refractivity contribution in [3.63, 3.8) is 0 Å². The van der Waals surface area contributed by atoms with Gasteiger partial charge in [-0.2, -0.15) is 0 Å². The van der Waals surface area contributed by atoms with Crippen molar-refractivity contribution in [2.75, 3.05) is 5.73 Å². The maximum atomic E-state index is 5.90. The molecule has 1 aromatic carbocycles. The fraction of sp³-hybridized carbons (Fsp3) is 0.0714. The van der Waals surface area contributed by atoms with Gasteiger partial charge in [0.2, 0.25) is 5.88 Å². The predicted octanol–water partition coefficient (Wildman–Crippen LogP) is 4.25. The van der Waals surface area contributed by atoms with Crippen LogP contribution in [0.3, 0.4) is 0 Å². The number of nitrogens with zero attached hydrogens (tertiary/aromatic N) is 1. The quantitative estimate of drug-likeness (QED) is 0.766. The van der Waals surface area contributed by atoms with Gasteiger partial charge in [0.25, 0.3) is 0 Å². The summed E-state index contributed by atoms with van der Waals surface area (Å²) in [7, 11) is 0. The third-order valence-electron chi connectivity index (χ3n) is 2.90. The molecule has 0 fully saturated rings. The number of benzene rings is 1. The molecule has 0 aliphatic carbocycles. The van der Waals surface area contributed by atoms with Crippen molar-refractivity contribution < 1.29 is 8.94 Å². The number of aromatic nitrogens is 1. The third-order valence-corrected chi connectivity index (χ3v) is 3.51. The molecular formula is C14H11BrN2O2. The van der Waals surface area contributed by atoms with E-state index in [-0.39, 0.29) is 0 Å². The van der Waals surface area contributed by atoms with Gasteiger partial charge in [-0.15, -0.1) is 0 Å². The molecule has 5 heteroatoms. The van der Waals surface area contributed by atoms with Gasteiger partial charge in [-0.25, -0.2) is 0 Å². The van der Waals surface area contributed by atoms with Crippen LogP contribution in [0.1, 0.15) is 5.56 Å². The minimum Gasteiger partial charge on any atom is -0.457 e. The Balaban J connectivity index is 2.22. The van der Waals surface area contributed by atoms with Crippen LogP contribution in [0.15, 0.2) is 50.2 Å². The van der Waals surface area contributed by atoms with E-state index in [1.165, 1.54) is 0 Å². The second-order valence-electron chi connectivity index (χ2n) is 4.25. The molecule has 0 atom stereocenters. The van der Waals surface area contributed by atoms with Crippen molar-refractivity contribution in [3.05, 3.63) is 46.8 Å². The molecule has 0 bridgehead atoms. The molecule has 3 aromatic rings. The molecule has 2 N–H and O–H groups in total. The molecule has 19 heavy (non-hydrogen) atoms. The lowest BCUT2D eigenvalue weighted by molar-refractivity contribution is 0.439. The van der Waals surface area contributed by atoms with Gasteiger partial charge in [-0.1, -0.05) is 35.0 Å². The molecule has 0 saturated heterocycles. The summed E-state index contributed by atoms with van der Waals surface area (Å²) in [6.45, 7) is 2.03. The lowest BCUT2D eigenvalue weighted by Crippen LogP contribution is -1.88. The summed E-state index contributed by atoms with van der Waals surface area (Å²) in [5.74, 6) is 0.300. The first-order chi connectivity index (χ1) is 9.16. The van der Waals surface area contributed by atoms with Gasteiger partial charge in [0.1, 0.15) is 5.69 Å². The van der Waals surface area contributed by atoms with Crippen molar-refractivity contribution >= 4 is 21.8 Å². The molecule has 2 heterocycles. The highest BCUT2D eigenvalue weighted by atomic mass is 79.9. The summed E-state index contributed by atoms with van der Waals surface area (Å²) in [5, 5.41) is 4.04. The van der Waals surface area contributed by atoms with Crippen molar-refractivity contribution in [1.29, 1.82) is 0 Å². The maximum absolute atomic E-state index is 5.90. The Morgan fingerprint density at radius 1 is 1.26 bits per heavy atom. The monoisotopic (exact) mass is 318 g/mol. The summed E-state index contributed by atoms with van der Waals surface area (Å²) in [5.41, 5.74) is 10.3. The van der Waals surface area contributed by atoms with Crippen LogP contribution < -0.4 is 5.73 Å². The first-order valence-electron chi connectivity index (χ1n) is 5.72. The van der Waals surface area contributed by atoms with E-state index in [9.17, 15) is 0 Å². The smallest absolute Gasteiger partial charge is 0.230 e. The fourth-order valence-electron chi connectivity index (χ4n) is 2.03. The number of furan rings is 1. The molecule has 0 amide bonds. The van der Waals surface area contributed by atoms with Crippen LogP contribution in [0.25, 0.3) is 22.4 Å². The predicted molar refractivity (Wildman–Crippen MR) is 76.5 cm³/mol. The van der Waals surface area contributed by atoms with Crippen LogP contribution in [0.2, 0.25) is 0 Å². The number of nitrogens with two attached hydrogens (primary N) is 1. The van der Waals surface area contributed by atoms with Crippen LogP contribution in [0.5, 0.6) is 0 Å². The second-order valence-corrected chi connectivity index (χ2v) is 4.97. The normalized spacial score (nSPS) is 10.8. The van der Waals surface area contributed by atoms with Gasteiger partial charge in [-0.3, -0.25) is 0 Å². The first-order valence-corrected chi connectivity index (χ1v) is 6.51. The number of aryl methyl sites for hydroxylation is 1. The molecule has 0 saturated carbocycles. The van der Waals surface area contributed by atoms with E-state index < -0.39 is 0 Å². The highest BCUT2D eigenvalue weighted by Gasteiger charge is 2.20. The standard InChI is InChI=1S/C14H11BrN2O2/c1-8-3-2-4-9(7-8)11-12(17-19-14(11)16)10-5-6-18-13(10)15/h2-7H,16H2,1H3. The Morgan fingerprint density at radius 3 is 2.79 bits per heavy atom. The van der Waals surface area contributed by atoms with Crippen LogP contribution in [0.4, 0.5) is 5.88 Å². The molecule has 4 nitrogen and oxygen atoms in total. The van der Waals surface area contributed by atoms with E-state index >= 15 is 0 Å². The molecule has 0 aliphatic heterocycles. The Kier molecular flexibility index (Phi) is 2.91. The zero-order valence-corrected chi connectivity index (χ0v) is 11.8. The summed E-state index contributed by atoms with van der Waals surface area (Å²) in [6, 6.07) is 9.85. The highest BCUT2D eigenvalue weighted by Crippen LogP contribution is 2.39. The summed E-state index contributed by atoms with van der Waals surface area (Å²) >= 11 is 3.34. The maximum Gasteiger partial charge on any atom is 0.230 e. The van der Waals surface area contributed by atoms with Crippen LogP contribution in [0, 0.1) is 6.92 Å². The number of hydrogen-bond donors (Lipinski definition) is 1. The number of rotatable bonds is 2. The number of hydrogen-bond acceptors (Lipinski definition) is 4. The minimum absolute atomic E-state index is 0.300. The van der Waals surface area contributed by atoms with Crippen molar-refractivity contribution in [2.45, 2.75) is 6.92 Å². The van der Waals surface area contributed by atoms with E-state index in [4.69, 9.17) is 14.7 Å².